The standard InChI is InChI=1S/C17H30N2O2/c1-17(2,3)18-10-16-15(7-9-21-16)12-19-8-5-6-14(11-19)13-20-4/h7,9,14,18H,5-6,8,10-13H2,1-4H3. The van der Waals surface area contributed by atoms with Crippen molar-refractivity contribution in [3.63, 3.8) is 0 Å². The Hall–Kier alpha value is -0.840. The number of nitrogens with zero attached hydrogens (tertiary/aromatic N) is 1. The number of ether oxygens (including phenoxy) is 1. The van der Waals surface area contributed by atoms with Crippen LogP contribution in [0.4, 0.5) is 0 Å². The van der Waals surface area contributed by atoms with Crippen molar-refractivity contribution < 1.29 is 9.15 Å². The summed E-state index contributed by atoms with van der Waals surface area (Å²) in [6.07, 6.45) is 4.36. The van der Waals surface area contributed by atoms with Crippen molar-refractivity contribution >= 4 is 0 Å². The van der Waals surface area contributed by atoms with E-state index >= 15 is 0 Å². The van der Waals surface area contributed by atoms with Crippen LogP contribution in [-0.2, 0) is 17.8 Å². The maximum Gasteiger partial charge on any atom is 0.122 e. The van der Waals surface area contributed by atoms with E-state index in [1.54, 1.807) is 7.11 Å². The Bertz CT molecular complexity index is 421. The summed E-state index contributed by atoms with van der Waals surface area (Å²) < 4.78 is 11.0. The van der Waals surface area contributed by atoms with Crippen LogP contribution < -0.4 is 5.32 Å². The summed E-state index contributed by atoms with van der Waals surface area (Å²) in [5.74, 6) is 1.74. The van der Waals surface area contributed by atoms with Gasteiger partial charge in [0, 0.05) is 31.3 Å². The van der Waals surface area contributed by atoms with Crippen molar-refractivity contribution in [1.82, 2.24) is 10.2 Å². The Kier molecular flexibility index (Phi) is 5.85. The van der Waals surface area contributed by atoms with Gasteiger partial charge in [0.05, 0.1) is 19.4 Å². The van der Waals surface area contributed by atoms with Gasteiger partial charge < -0.3 is 14.5 Å². The highest BCUT2D eigenvalue weighted by atomic mass is 16.5. The second kappa shape index (κ2) is 7.43. The third kappa shape index (κ3) is 5.46. The molecule has 0 amide bonds. The van der Waals surface area contributed by atoms with Gasteiger partial charge in [0.1, 0.15) is 5.76 Å². The summed E-state index contributed by atoms with van der Waals surface area (Å²) in [5.41, 5.74) is 1.42. The summed E-state index contributed by atoms with van der Waals surface area (Å²) in [5, 5.41) is 3.50. The largest absolute Gasteiger partial charge is 0.468 e. The van der Waals surface area contributed by atoms with Crippen molar-refractivity contribution in [1.29, 1.82) is 0 Å². The van der Waals surface area contributed by atoms with Gasteiger partial charge in [0.25, 0.3) is 0 Å². The number of likely N-dealkylation sites (tertiary alicyclic amines) is 1. The third-order valence-corrected chi connectivity index (χ3v) is 4.02. The molecule has 1 fully saturated rings. The molecule has 1 atom stereocenters. The van der Waals surface area contributed by atoms with Gasteiger partial charge in [-0.25, -0.2) is 0 Å². The number of piperidine rings is 1. The van der Waals surface area contributed by atoms with Gasteiger partial charge in [-0.15, -0.1) is 0 Å². The lowest BCUT2D eigenvalue weighted by Gasteiger charge is -2.32. The van der Waals surface area contributed by atoms with Crippen molar-refractivity contribution in [3.8, 4) is 0 Å². The normalized spacial score (nSPS) is 20.9. The Morgan fingerprint density at radius 3 is 2.95 bits per heavy atom. The van der Waals surface area contributed by atoms with E-state index in [4.69, 9.17) is 9.15 Å². The lowest BCUT2D eigenvalue weighted by molar-refractivity contribution is 0.0870. The molecule has 1 saturated heterocycles. The first-order valence-corrected chi connectivity index (χ1v) is 7.99. The smallest absolute Gasteiger partial charge is 0.122 e. The number of hydrogen-bond donors (Lipinski definition) is 1. The molecule has 0 radical (unpaired) electrons. The summed E-state index contributed by atoms with van der Waals surface area (Å²) in [6, 6.07) is 2.11. The fraction of sp³-hybridized carbons (Fsp3) is 0.765. The average Bonchev–Trinajstić information content (AvgIpc) is 2.84. The van der Waals surface area contributed by atoms with Crippen LogP contribution in [0.1, 0.15) is 44.9 Å². The lowest BCUT2D eigenvalue weighted by atomic mass is 9.98. The molecule has 0 bridgehead atoms. The number of hydrogen-bond acceptors (Lipinski definition) is 4. The van der Waals surface area contributed by atoms with E-state index in [0.717, 1.165) is 32.0 Å². The van der Waals surface area contributed by atoms with Crippen LogP contribution in [-0.4, -0.2) is 37.2 Å². The van der Waals surface area contributed by atoms with Crippen LogP contribution in [0.3, 0.4) is 0 Å². The first-order valence-electron chi connectivity index (χ1n) is 7.99. The second-order valence-electron chi connectivity index (χ2n) is 7.17. The molecule has 2 rings (SSSR count). The zero-order valence-electron chi connectivity index (χ0n) is 13.9. The van der Waals surface area contributed by atoms with Crippen molar-refractivity contribution in [2.75, 3.05) is 26.8 Å². The molecule has 120 valence electrons. The average molecular weight is 294 g/mol. The van der Waals surface area contributed by atoms with Crippen LogP contribution in [0, 0.1) is 5.92 Å². The van der Waals surface area contributed by atoms with E-state index in [1.165, 1.54) is 24.9 Å². The minimum absolute atomic E-state index is 0.110. The van der Waals surface area contributed by atoms with Crippen LogP contribution in [0.2, 0.25) is 0 Å². The van der Waals surface area contributed by atoms with Crippen molar-refractivity contribution in [3.05, 3.63) is 23.7 Å². The van der Waals surface area contributed by atoms with Gasteiger partial charge in [-0.3, -0.25) is 4.90 Å². The van der Waals surface area contributed by atoms with Gasteiger partial charge in [-0.2, -0.15) is 0 Å². The maximum absolute atomic E-state index is 5.66. The van der Waals surface area contributed by atoms with Gasteiger partial charge in [-0.1, -0.05) is 0 Å². The fourth-order valence-corrected chi connectivity index (χ4v) is 2.92. The van der Waals surface area contributed by atoms with Crippen LogP contribution >= 0.6 is 0 Å². The topological polar surface area (TPSA) is 37.6 Å². The molecule has 4 heteroatoms. The summed E-state index contributed by atoms with van der Waals surface area (Å²) in [7, 11) is 1.80. The molecule has 0 aliphatic carbocycles. The lowest BCUT2D eigenvalue weighted by Crippen LogP contribution is -2.37. The maximum atomic E-state index is 5.66. The number of nitrogens with one attached hydrogen (secondary N) is 1. The highest BCUT2D eigenvalue weighted by molar-refractivity contribution is 5.17. The fourth-order valence-electron chi connectivity index (χ4n) is 2.92. The third-order valence-electron chi connectivity index (χ3n) is 4.02. The van der Waals surface area contributed by atoms with Gasteiger partial charge in [0.15, 0.2) is 0 Å². The number of methoxy groups -OCH3 is 1. The monoisotopic (exact) mass is 294 g/mol. The Balaban J connectivity index is 1.89. The second-order valence-corrected chi connectivity index (χ2v) is 7.17. The van der Waals surface area contributed by atoms with E-state index in [-0.39, 0.29) is 5.54 Å². The first kappa shape index (κ1) is 16.5. The molecule has 21 heavy (non-hydrogen) atoms. The van der Waals surface area contributed by atoms with Crippen molar-refractivity contribution in [2.24, 2.45) is 5.92 Å². The molecular weight excluding hydrogens is 264 g/mol. The minimum Gasteiger partial charge on any atom is -0.468 e. The SMILES string of the molecule is COCC1CCCN(Cc2ccoc2CNC(C)(C)C)C1. The van der Waals surface area contributed by atoms with E-state index in [0.29, 0.717) is 5.92 Å². The quantitative estimate of drug-likeness (QED) is 0.875. The Morgan fingerprint density at radius 2 is 2.24 bits per heavy atom. The molecule has 1 aromatic rings. The molecule has 1 unspecified atom stereocenters. The number of rotatable bonds is 6. The highest BCUT2D eigenvalue weighted by Gasteiger charge is 2.21. The zero-order valence-corrected chi connectivity index (χ0v) is 13.9. The predicted molar refractivity (Wildman–Crippen MR) is 85.2 cm³/mol. The summed E-state index contributed by atoms with van der Waals surface area (Å²) in [6.45, 7) is 11.5. The molecule has 1 N–H and O–H groups in total. The first-order chi connectivity index (χ1) is 9.98. The Labute approximate surface area is 128 Å². The molecule has 1 aliphatic rings. The van der Waals surface area contributed by atoms with E-state index in [9.17, 15) is 0 Å². The molecule has 1 aliphatic heterocycles. The molecule has 0 saturated carbocycles. The Morgan fingerprint density at radius 1 is 1.43 bits per heavy atom. The molecule has 0 aromatic carbocycles. The van der Waals surface area contributed by atoms with Gasteiger partial charge >= 0.3 is 0 Å². The molecule has 4 nitrogen and oxygen atoms in total. The van der Waals surface area contributed by atoms with Gasteiger partial charge in [-0.05, 0) is 52.1 Å². The number of furan rings is 1. The molecule has 2 heterocycles. The molecular formula is C17H30N2O2. The summed E-state index contributed by atoms with van der Waals surface area (Å²) >= 11 is 0. The highest BCUT2D eigenvalue weighted by Crippen LogP contribution is 2.21. The van der Waals surface area contributed by atoms with Gasteiger partial charge in [0.2, 0.25) is 0 Å². The van der Waals surface area contributed by atoms with Crippen LogP contribution in [0.5, 0.6) is 0 Å². The van der Waals surface area contributed by atoms with E-state index < -0.39 is 0 Å². The van der Waals surface area contributed by atoms with Crippen LogP contribution in [0.25, 0.3) is 0 Å². The predicted octanol–water partition coefficient (Wildman–Crippen LogP) is 3.03. The zero-order chi connectivity index (χ0) is 15.3. The minimum atomic E-state index is 0.110. The molecule has 1 aromatic heterocycles. The van der Waals surface area contributed by atoms with E-state index in [1.807, 2.05) is 6.26 Å². The summed E-state index contributed by atoms with van der Waals surface area (Å²) in [4.78, 5) is 2.53. The van der Waals surface area contributed by atoms with Crippen molar-refractivity contribution in [2.45, 2.75) is 52.2 Å². The molecule has 0 spiro atoms. The van der Waals surface area contributed by atoms with Crippen LogP contribution in [0.15, 0.2) is 16.7 Å². The van der Waals surface area contributed by atoms with E-state index in [2.05, 4.69) is 37.1 Å².